The first-order valence-electron chi connectivity index (χ1n) is 8.44. The molecule has 1 aliphatic rings. The maximum absolute atomic E-state index is 12.4. The highest BCUT2D eigenvalue weighted by Gasteiger charge is 2.26. The molecule has 1 aromatic carbocycles. The number of rotatable bonds is 2. The summed E-state index contributed by atoms with van der Waals surface area (Å²) in [5, 5.41) is 0. The van der Waals surface area contributed by atoms with E-state index in [1.807, 2.05) is 19.9 Å². The molecule has 0 aliphatic heterocycles. The molecule has 1 N–H and O–H groups in total. The van der Waals surface area contributed by atoms with Crippen molar-refractivity contribution in [2.75, 3.05) is 0 Å². The Morgan fingerprint density at radius 1 is 1.17 bits per heavy atom. The number of hydrogen-bond donors (Lipinski definition) is 1. The van der Waals surface area contributed by atoms with Gasteiger partial charge in [0.05, 0.1) is 0 Å². The van der Waals surface area contributed by atoms with E-state index in [0.717, 1.165) is 23.2 Å². The summed E-state index contributed by atoms with van der Waals surface area (Å²) in [7, 11) is 0. The summed E-state index contributed by atoms with van der Waals surface area (Å²) in [5.74, 6) is 0. The van der Waals surface area contributed by atoms with Crippen molar-refractivity contribution >= 4 is 6.08 Å². The molecule has 23 heavy (non-hydrogen) atoms. The van der Waals surface area contributed by atoms with Gasteiger partial charge in [0, 0.05) is 24.5 Å². The van der Waals surface area contributed by atoms with Gasteiger partial charge in [-0.1, -0.05) is 69.7 Å². The molecule has 0 radical (unpaired) electrons. The highest BCUT2D eigenvalue weighted by molar-refractivity contribution is 5.57. The molecule has 2 aromatic rings. The van der Waals surface area contributed by atoms with Crippen LogP contribution in [0.4, 0.5) is 0 Å². The minimum absolute atomic E-state index is 0. The average molecular weight is 311 g/mol. The standard InChI is InChI=1S/C19H21NO.C2H6.H2/c1-13-6-8-14(9-7-13)11-16-12-15-5-4-10-19(2,3)17(15)20-18(16)21;1-2;/h4-9,12H,10-11H2,1-3H3,(H,20,21);1-2H3;1H. The van der Waals surface area contributed by atoms with E-state index in [9.17, 15) is 4.79 Å². The van der Waals surface area contributed by atoms with Gasteiger partial charge < -0.3 is 4.98 Å². The molecule has 124 valence electrons. The lowest BCUT2D eigenvalue weighted by Crippen LogP contribution is -2.27. The lowest BCUT2D eigenvalue weighted by Gasteiger charge is -2.28. The fourth-order valence-electron chi connectivity index (χ4n) is 2.92. The Bertz CT molecular complexity index is 754. The Hall–Kier alpha value is -2.09. The molecule has 1 aliphatic carbocycles. The molecule has 2 heteroatoms. The molecule has 0 fully saturated rings. The van der Waals surface area contributed by atoms with Crippen LogP contribution in [0, 0.1) is 6.92 Å². The van der Waals surface area contributed by atoms with Gasteiger partial charge in [-0.05, 0) is 30.5 Å². The first-order valence-corrected chi connectivity index (χ1v) is 8.44. The second-order valence-electron chi connectivity index (χ2n) is 6.61. The third kappa shape index (κ3) is 3.82. The summed E-state index contributed by atoms with van der Waals surface area (Å²) in [6.45, 7) is 10.4. The van der Waals surface area contributed by atoms with Crippen molar-refractivity contribution in [1.82, 2.24) is 4.98 Å². The molecule has 0 amide bonds. The lowest BCUT2D eigenvalue weighted by atomic mass is 9.79. The van der Waals surface area contributed by atoms with Gasteiger partial charge in [0.15, 0.2) is 0 Å². The first kappa shape index (κ1) is 17.3. The van der Waals surface area contributed by atoms with Gasteiger partial charge in [-0.15, -0.1) is 0 Å². The van der Waals surface area contributed by atoms with Crippen LogP contribution >= 0.6 is 0 Å². The monoisotopic (exact) mass is 311 g/mol. The Balaban J connectivity index is 0.000000925. The molecule has 3 rings (SSSR count). The zero-order valence-corrected chi connectivity index (χ0v) is 14.9. The van der Waals surface area contributed by atoms with Gasteiger partial charge in [-0.25, -0.2) is 0 Å². The van der Waals surface area contributed by atoms with E-state index >= 15 is 0 Å². The quantitative estimate of drug-likeness (QED) is 0.808. The van der Waals surface area contributed by atoms with Crippen LogP contribution in [0.15, 0.2) is 41.2 Å². The molecular weight excluding hydrogens is 282 g/mol. The zero-order valence-electron chi connectivity index (χ0n) is 14.9. The number of fused-ring (bicyclic) bond motifs is 1. The summed E-state index contributed by atoms with van der Waals surface area (Å²) < 4.78 is 0. The summed E-state index contributed by atoms with van der Waals surface area (Å²) in [5.41, 5.74) is 5.49. The van der Waals surface area contributed by atoms with Crippen molar-refractivity contribution in [2.45, 2.75) is 52.9 Å². The van der Waals surface area contributed by atoms with E-state index < -0.39 is 0 Å². The molecule has 0 unspecified atom stereocenters. The number of aromatic amines is 1. The molecule has 1 heterocycles. The van der Waals surface area contributed by atoms with E-state index in [4.69, 9.17) is 0 Å². The van der Waals surface area contributed by atoms with E-state index in [1.54, 1.807) is 0 Å². The van der Waals surface area contributed by atoms with Gasteiger partial charge in [-0.2, -0.15) is 0 Å². The molecular formula is C21H29NO. The van der Waals surface area contributed by atoms with Crippen molar-refractivity contribution in [2.24, 2.45) is 0 Å². The van der Waals surface area contributed by atoms with Crippen LogP contribution in [0.25, 0.3) is 6.08 Å². The van der Waals surface area contributed by atoms with Crippen LogP contribution in [0.1, 0.15) is 63.5 Å². The number of allylic oxidation sites excluding steroid dienone is 1. The van der Waals surface area contributed by atoms with Crippen LogP contribution in [0.5, 0.6) is 0 Å². The Labute approximate surface area is 140 Å². The van der Waals surface area contributed by atoms with Gasteiger partial charge in [-0.3, -0.25) is 4.79 Å². The van der Waals surface area contributed by atoms with Crippen molar-refractivity contribution in [1.29, 1.82) is 0 Å². The van der Waals surface area contributed by atoms with Crippen LogP contribution in [0.2, 0.25) is 0 Å². The molecule has 0 atom stereocenters. The van der Waals surface area contributed by atoms with E-state index in [1.165, 1.54) is 11.1 Å². The first-order chi connectivity index (χ1) is 11.0. The van der Waals surface area contributed by atoms with Crippen LogP contribution in [-0.2, 0) is 11.8 Å². The molecule has 0 bridgehead atoms. The lowest BCUT2D eigenvalue weighted by molar-refractivity contribution is 0.508. The second kappa shape index (κ2) is 6.99. The molecule has 1 aromatic heterocycles. The Morgan fingerprint density at radius 3 is 2.48 bits per heavy atom. The molecule has 2 nitrogen and oxygen atoms in total. The highest BCUT2D eigenvalue weighted by atomic mass is 16.1. The predicted molar refractivity (Wildman–Crippen MR) is 101 cm³/mol. The third-order valence-corrected chi connectivity index (χ3v) is 4.27. The largest absolute Gasteiger partial charge is 0.325 e. The second-order valence-corrected chi connectivity index (χ2v) is 6.61. The number of aryl methyl sites for hydroxylation is 1. The third-order valence-electron chi connectivity index (χ3n) is 4.27. The van der Waals surface area contributed by atoms with E-state index in [-0.39, 0.29) is 12.4 Å². The smallest absolute Gasteiger partial charge is 0.251 e. The maximum atomic E-state index is 12.4. The number of hydrogen-bond acceptors (Lipinski definition) is 1. The number of H-pyrrole nitrogens is 1. The van der Waals surface area contributed by atoms with Gasteiger partial charge in [0.25, 0.3) is 5.56 Å². The van der Waals surface area contributed by atoms with Crippen molar-refractivity contribution < 1.29 is 1.43 Å². The maximum Gasteiger partial charge on any atom is 0.251 e. The van der Waals surface area contributed by atoms with Gasteiger partial charge in [0.1, 0.15) is 0 Å². The average Bonchev–Trinajstić information content (AvgIpc) is 2.53. The predicted octanol–water partition coefficient (Wildman–Crippen LogP) is 5.24. The normalized spacial score (nSPS) is 14.7. The zero-order chi connectivity index (χ0) is 17.0. The molecule has 0 spiro atoms. The summed E-state index contributed by atoms with van der Waals surface area (Å²) in [6.07, 6.45) is 5.95. The SMILES string of the molecule is CC.Cc1ccc(Cc2cc3c([nH]c2=O)C(C)(C)CC=C3)cc1.[HH]. The van der Waals surface area contributed by atoms with Crippen LogP contribution < -0.4 is 5.56 Å². The Kier molecular flexibility index (Phi) is 5.25. The van der Waals surface area contributed by atoms with Crippen molar-refractivity contribution in [3.8, 4) is 0 Å². The van der Waals surface area contributed by atoms with Gasteiger partial charge >= 0.3 is 0 Å². The summed E-state index contributed by atoms with van der Waals surface area (Å²) >= 11 is 0. The molecule has 0 saturated heterocycles. The fourth-order valence-corrected chi connectivity index (χ4v) is 2.92. The molecule has 0 saturated carbocycles. The van der Waals surface area contributed by atoms with E-state index in [2.05, 4.69) is 62.2 Å². The Morgan fingerprint density at radius 2 is 1.83 bits per heavy atom. The fraction of sp³-hybridized carbons (Fsp3) is 0.381. The van der Waals surface area contributed by atoms with Gasteiger partial charge in [0.2, 0.25) is 0 Å². The number of aromatic nitrogens is 1. The van der Waals surface area contributed by atoms with E-state index in [0.29, 0.717) is 6.42 Å². The number of benzene rings is 1. The minimum Gasteiger partial charge on any atom is -0.325 e. The van der Waals surface area contributed by atoms with Crippen LogP contribution in [-0.4, -0.2) is 4.98 Å². The topological polar surface area (TPSA) is 32.9 Å². The van der Waals surface area contributed by atoms with Crippen LogP contribution in [0.3, 0.4) is 0 Å². The number of nitrogens with one attached hydrogen (secondary N) is 1. The minimum atomic E-state index is 0. The number of pyridine rings is 1. The van der Waals surface area contributed by atoms with Crippen molar-refractivity contribution in [3.63, 3.8) is 0 Å². The summed E-state index contributed by atoms with van der Waals surface area (Å²) in [6, 6.07) is 10.4. The highest BCUT2D eigenvalue weighted by Crippen LogP contribution is 2.33. The summed E-state index contributed by atoms with van der Waals surface area (Å²) in [4.78, 5) is 15.5. The van der Waals surface area contributed by atoms with Crippen molar-refractivity contribution in [3.05, 3.63) is 74.7 Å².